The lowest BCUT2D eigenvalue weighted by Crippen LogP contribution is -2.07. The molecular weight excluding hydrogens is 919 g/mol. The average molecular weight is 964 g/mol. The summed E-state index contributed by atoms with van der Waals surface area (Å²) in [5.41, 5.74) is 14.1. The minimum absolute atomic E-state index is 0.489. The van der Waals surface area contributed by atoms with E-state index in [0.717, 1.165) is 116 Å². The predicted molar refractivity (Wildman–Crippen MR) is 307 cm³/mol. The third-order valence-corrected chi connectivity index (χ3v) is 14.2. The molecule has 8 heteroatoms. The van der Waals surface area contributed by atoms with Crippen molar-refractivity contribution in [2.75, 3.05) is 0 Å². The second kappa shape index (κ2) is 18.2. The number of hydrogen-bond donors (Lipinski definition) is 0. The summed E-state index contributed by atoms with van der Waals surface area (Å²) in [4.78, 5) is 26.4. The summed E-state index contributed by atoms with van der Waals surface area (Å²) in [7, 11) is 0. The molecule has 0 amide bonds. The maximum atomic E-state index is 7.15. The molecule has 0 aliphatic rings. The molecule has 0 bridgehead atoms. The van der Waals surface area contributed by atoms with Crippen LogP contribution < -0.4 is 0 Å². The molecule has 0 N–H and O–H groups in total. The summed E-state index contributed by atoms with van der Waals surface area (Å²) in [5, 5.41) is 6.46. The van der Waals surface area contributed by atoms with Crippen LogP contribution in [0.5, 0.6) is 0 Å². The van der Waals surface area contributed by atoms with Gasteiger partial charge in [-0.25, -0.2) is 19.9 Å². The highest BCUT2D eigenvalue weighted by molar-refractivity contribution is 6.39. The number of benzene rings is 10. The largest absolute Gasteiger partial charge is 0.455 e. The van der Waals surface area contributed by atoms with Gasteiger partial charge in [0.25, 0.3) is 0 Å². The first-order valence-corrected chi connectivity index (χ1v) is 25.2. The van der Waals surface area contributed by atoms with Gasteiger partial charge in [-0.15, -0.1) is 0 Å². The topological polar surface area (TPSA) is 86.4 Å². The van der Waals surface area contributed by atoms with Crippen LogP contribution in [0.3, 0.4) is 0 Å². The Hall–Kier alpha value is -10.1. The Labute approximate surface area is 431 Å². The molecule has 8 nitrogen and oxygen atoms in total. The van der Waals surface area contributed by atoms with Gasteiger partial charge in [-0.2, -0.15) is 0 Å². The molecule has 354 valence electrons. The third kappa shape index (κ3) is 7.50. The lowest BCUT2D eigenvalue weighted by atomic mass is 10.0. The van der Waals surface area contributed by atoms with Crippen LogP contribution in [0.25, 0.3) is 111 Å². The number of aliphatic imine (C=N–C) groups is 2. The van der Waals surface area contributed by atoms with Crippen molar-refractivity contribution in [2.45, 2.75) is 13.5 Å². The fraction of sp³-hybridized carbons (Fsp3) is 0.0299. The zero-order valence-electron chi connectivity index (χ0n) is 40.8. The molecule has 10 aromatic carbocycles. The maximum Gasteiger partial charge on any atom is 0.166 e. The summed E-state index contributed by atoms with van der Waals surface area (Å²) in [5.74, 6) is 2.31. The Morgan fingerprint density at radius 2 is 0.960 bits per heavy atom. The van der Waals surface area contributed by atoms with Crippen molar-refractivity contribution in [3.63, 3.8) is 0 Å². The zero-order chi connectivity index (χ0) is 49.8. The Kier molecular flexibility index (Phi) is 10.6. The molecule has 4 aromatic heterocycles. The van der Waals surface area contributed by atoms with Crippen molar-refractivity contribution in [3.8, 4) is 45.5 Å². The molecule has 0 spiro atoms. The van der Waals surface area contributed by atoms with E-state index in [1.165, 1.54) is 0 Å². The van der Waals surface area contributed by atoms with Gasteiger partial charge in [-0.3, -0.25) is 4.99 Å². The first kappa shape index (κ1) is 43.7. The Morgan fingerprint density at radius 3 is 1.63 bits per heavy atom. The van der Waals surface area contributed by atoms with E-state index in [2.05, 4.69) is 156 Å². The fourth-order valence-electron chi connectivity index (χ4n) is 10.8. The standard InChI is InChI=1S/C67H45N7O/c1-43(69-64(45-25-9-3-10-26-45)68-42-44-23-7-2-8-24-44)48-39-40-56(53(41-48)67-71-65(46-27-11-4-12-28-46)70-66(72-67)47-29-13-5-14-30-47)74-55-37-21-18-34-51(55)59-62(74)58-50-33-17-20-36-54(50)73(49-31-15-6-16-32-49)61(58)60-52-35-19-22-38-57(52)75-63(59)60/h2-41H,42H2,1H3. The van der Waals surface area contributed by atoms with Crippen LogP contribution in [0.4, 0.5) is 0 Å². The van der Waals surface area contributed by atoms with Gasteiger partial charge in [0.1, 0.15) is 11.2 Å². The highest BCUT2D eigenvalue weighted by Gasteiger charge is 2.29. The summed E-state index contributed by atoms with van der Waals surface area (Å²) in [6.45, 7) is 2.54. The zero-order valence-corrected chi connectivity index (χ0v) is 40.8. The van der Waals surface area contributed by atoms with E-state index in [1.54, 1.807) is 0 Å². The number of hydrogen-bond acceptors (Lipinski definition) is 5. The second-order valence-electron chi connectivity index (χ2n) is 18.7. The average Bonchev–Trinajstić information content (AvgIpc) is 4.34. The van der Waals surface area contributed by atoms with Crippen molar-refractivity contribution >= 4 is 77.1 Å². The van der Waals surface area contributed by atoms with Gasteiger partial charge in [-0.05, 0) is 60.5 Å². The number of para-hydroxylation sites is 4. The molecule has 4 heterocycles. The minimum atomic E-state index is 0.489. The Balaban J connectivity index is 1.11. The van der Waals surface area contributed by atoms with E-state index in [1.807, 2.05) is 103 Å². The Bertz CT molecular complexity index is 4480. The van der Waals surface area contributed by atoms with Crippen molar-refractivity contribution in [1.82, 2.24) is 24.1 Å². The predicted octanol–water partition coefficient (Wildman–Crippen LogP) is 16.4. The number of nitrogens with zero attached hydrogens (tertiary/aromatic N) is 7. The SMILES string of the molecule is CC(=NC(=NCc1ccccc1)c1ccccc1)c1ccc(-n2c3ccccc3c3c4oc5ccccc5c4c4c(c5ccccc5n4-c4ccccc4)c32)c(-c2nc(-c3ccccc3)nc(-c3ccccc3)n2)c1. The van der Waals surface area contributed by atoms with Crippen molar-refractivity contribution in [1.29, 1.82) is 0 Å². The maximum absolute atomic E-state index is 7.15. The van der Waals surface area contributed by atoms with E-state index in [0.29, 0.717) is 29.9 Å². The molecule has 75 heavy (non-hydrogen) atoms. The third-order valence-electron chi connectivity index (χ3n) is 14.2. The molecule has 0 unspecified atom stereocenters. The van der Waals surface area contributed by atoms with E-state index in [9.17, 15) is 0 Å². The Morgan fingerprint density at radius 1 is 0.453 bits per heavy atom. The van der Waals surface area contributed by atoms with Crippen LogP contribution >= 0.6 is 0 Å². The van der Waals surface area contributed by atoms with Crippen LogP contribution in [0.2, 0.25) is 0 Å². The quantitative estimate of drug-likeness (QED) is 0.107. The van der Waals surface area contributed by atoms with Crippen molar-refractivity contribution in [2.24, 2.45) is 9.98 Å². The summed E-state index contributed by atoms with van der Waals surface area (Å²) >= 11 is 0. The lowest BCUT2D eigenvalue weighted by Gasteiger charge is -2.17. The first-order chi connectivity index (χ1) is 37.1. The summed E-state index contributed by atoms with van der Waals surface area (Å²) in [6, 6.07) is 83.8. The number of furan rings is 1. The normalized spacial score (nSPS) is 12.3. The van der Waals surface area contributed by atoms with E-state index in [4.69, 9.17) is 29.4 Å². The molecule has 0 aliphatic carbocycles. The van der Waals surface area contributed by atoms with Crippen LogP contribution in [0.15, 0.2) is 257 Å². The number of aromatic nitrogens is 5. The summed E-state index contributed by atoms with van der Waals surface area (Å²) < 4.78 is 12.0. The fourth-order valence-corrected chi connectivity index (χ4v) is 10.8. The van der Waals surface area contributed by atoms with Gasteiger partial charge >= 0.3 is 0 Å². The van der Waals surface area contributed by atoms with Gasteiger partial charge in [0.15, 0.2) is 23.3 Å². The first-order valence-electron chi connectivity index (χ1n) is 25.2. The molecule has 0 saturated heterocycles. The lowest BCUT2D eigenvalue weighted by molar-refractivity contribution is 0.673. The number of fused-ring (bicyclic) bond motifs is 12. The molecule has 0 radical (unpaired) electrons. The van der Waals surface area contributed by atoms with E-state index < -0.39 is 0 Å². The molecule has 0 atom stereocenters. The highest BCUT2D eigenvalue weighted by Crippen LogP contribution is 2.50. The number of rotatable bonds is 9. The van der Waals surface area contributed by atoms with Gasteiger partial charge in [-0.1, -0.05) is 200 Å². The van der Waals surface area contributed by atoms with Crippen LogP contribution in [-0.4, -0.2) is 35.6 Å². The molecule has 0 saturated carbocycles. The minimum Gasteiger partial charge on any atom is -0.455 e. The molecular formula is C67H45N7O. The molecule has 0 fully saturated rings. The van der Waals surface area contributed by atoms with Gasteiger partial charge in [0.2, 0.25) is 0 Å². The van der Waals surface area contributed by atoms with Crippen LogP contribution in [0.1, 0.15) is 23.6 Å². The van der Waals surface area contributed by atoms with Gasteiger partial charge in [0, 0.05) is 55.2 Å². The smallest absolute Gasteiger partial charge is 0.166 e. The van der Waals surface area contributed by atoms with Gasteiger partial charge < -0.3 is 13.6 Å². The molecule has 0 aliphatic heterocycles. The van der Waals surface area contributed by atoms with E-state index in [-0.39, 0.29) is 0 Å². The molecule has 14 aromatic rings. The monoisotopic (exact) mass is 963 g/mol. The molecule has 14 rings (SSSR count). The number of amidine groups is 1. The summed E-state index contributed by atoms with van der Waals surface area (Å²) in [6.07, 6.45) is 0. The van der Waals surface area contributed by atoms with Crippen molar-refractivity contribution in [3.05, 3.63) is 259 Å². The highest BCUT2D eigenvalue weighted by atomic mass is 16.3. The van der Waals surface area contributed by atoms with E-state index >= 15 is 0 Å². The van der Waals surface area contributed by atoms with Crippen LogP contribution in [-0.2, 0) is 6.54 Å². The van der Waals surface area contributed by atoms with Crippen LogP contribution in [0, 0.1) is 0 Å². The van der Waals surface area contributed by atoms with Crippen molar-refractivity contribution < 1.29 is 4.42 Å². The van der Waals surface area contributed by atoms with Gasteiger partial charge in [0.05, 0.1) is 45.1 Å². The second-order valence-corrected chi connectivity index (χ2v) is 18.7.